The Morgan fingerprint density at radius 3 is 1.18 bits per heavy atom. The van der Waals surface area contributed by atoms with Gasteiger partial charge in [0.15, 0.2) is 0 Å². The van der Waals surface area contributed by atoms with E-state index in [4.69, 9.17) is 0 Å². The Balaban J connectivity index is 1.84. The molecule has 0 saturated carbocycles. The zero-order valence-corrected chi connectivity index (χ0v) is 34.5. The van der Waals surface area contributed by atoms with Crippen LogP contribution in [0, 0.1) is 11.8 Å². The highest BCUT2D eigenvalue weighted by atomic mass is 32.1. The lowest BCUT2D eigenvalue weighted by Gasteiger charge is -2.29. The molecule has 2 aromatic rings. The summed E-state index contributed by atoms with van der Waals surface area (Å²) in [4.78, 5) is 39.0. The molecule has 0 fully saturated rings. The van der Waals surface area contributed by atoms with Crippen LogP contribution in [0.5, 0.6) is 0 Å². The van der Waals surface area contributed by atoms with E-state index in [2.05, 4.69) is 89.5 Å². The Bertz CT molecular complexity index is 1330. The van der Waals surface area contributed by atoms with E-state index < -0.39 is 0 Å². The molecule has 4 heterocycles. The van der Waals surface area contributed by atoms with E-state index in [-0.39, 0.29) is 11.8 Å². The van der Waals surface area contributed by atoms with Gasteiger partial charge in [-0.3, -0.25) is 9.59 Å². The van der Waals surface area contributed by atoms with Crippen LogP contribution in [0.25, 0.3) is 11.4 Å². The lowest BCUT2D eigenvalue weighted by atomic mass is 9.94. The average Bonchev–Trinajstić information content (AvgIpc) is 3.88. The lowest BCUT2D eigenvalue weighted by Crippen LogP contribution is -2.34. The lowest BCUT2D eigenvalue weighted by molar-refractivity contribution is -0.124. The normalized spacial score (nSPS) is 16.3. The zero-order valence-electron chi connectivity index (χ0n) is 32.9. The number of rotatable bonds is 24. The van der Waals surface area contributed by atoms with Crippen molar-refractivity contribution in [2.24, 2.45) is 11.8 Å². The number of hydrogen-bond acceptors (Lipinski definition) is 4. The van der Waals surface area contributed by atoms with Crippen LogP contribution in [0.4, 0.5) is 0 Å². The second kappa shape index (κ2) is 20.2. The maximum Gasteiger partial charge on any atom is 0.261 e. The fourth-order valence-electron chi connectivity index (χ4n) is 7.71. The van der Waals surface area contributed by atoms with E-state index in [0.29, 0.717) is 47.9 Å². The molecule has 6 heteroatoms. The molecule has 2 atom stereocenters. The van der Waals surface area contributed by atoms with E-state index >= 15 is 9.59 Å². The summed E-state index contributed by atoms with van der Waals surface area (Å²) in [7, 11) is 0. The minimum atomic E-state index is 0.0444. The van der Waals surface area contributed by atoms with Gasteiger partial charge in [-0.1, -0.05) is 132 Å². The first-order chi connectivity index (χ1) is 24.2. The summed E-state index contributed by atoms with van der Waals surface area (Å²) in [6.45, 7) is 19.4. The summed E-state index contributed by atoms with van der Waals surface area (Å²) in [5, 5.41) is 0. The number of carbonyl (C=O) groups excluding carboxylic acids is 2. The van der Waals surface area contributed by atoms with Crippen LogP contribution < -0.4 is 0 Å². The van der Waals surface area contributed by atoms with Gasteiger partial charge in [0.25, 0.3) is 11.8 Å². The quantitative estimate of drug-likeness (QED) is 0.101. The van der Waals surface area contributed by atoms with Crippen molar-refractivity contribution in [3.8, 4) is 0 Å². The van der Waals surface area contributed by atoms with Crippen LogP contribution in [0.2, 0.25) is 0 Å². The molecular formula is C44H68N2O2S2. The van der Waals surface area contributed by atoms with Gasteiger partial charge in [-0.05, 0) is 73.6 Å². The van der Waals surface area contributed by atoms with Gasteiger partial charge in [-0.25, -0.2) is 0 Å². The summed E-state index contributed by atoms with van der Waals surface area (Å²) < 4.78 is 0. The first-order valence-electron chi connectivity index (χ1n) is 20.5. The van der Waals surface area contributed by atoms with Gasteiger partial charge in [0.1, 0.15) is 0 Å². The molecule has 0 radical (unpaired) electrons. The van der Waals surface area contributed by atoms with Gasteiger partial charge in [-0.15, -0.1) is 22.7 Å². The third kappa shape index (κ3) is 10.0. The van der Waals surface area contributed by atoms with Crippen LogP contribution in [-0.4, -0.2) is 34.7 Å². The Kier molecular flexibility index (Phi) is 16.4. The summed E-state index contributed by atoms with van der Waals surface area (Å²) >= 11 is 3.54. The fourth-order valence-corrected chi connectivity index (χ4v) is 9.85. The van der Waals surface area contributed by atoms with Crippen molar-refractivity contribution < 1.29 is 9.59 Å². The van der Waals surface area contributed by atoms with Crippen LogP contribution in [-0.2, 0) is 9.59 Å². The van der Waals surface area contributed by atoms with E-state index in [1.165, 1.54) is 74.0 Å². The summed E-state index contributed by atoms with van der Waals surface area (Å²) in [6, 6.07) is 8.79. The summed E-state index contributed by atoms with van der Waals surface area (Å²) in [5.74, 6) is 1.75. The first kappa shape index (κ1) is 40.6. The molecule has 0 aliphatic carbocycles. The molecule has 2 aliphatic heterocycles. The molecule has 4 rings (SSSR count). The summed E-state index contributed by atoms with van der Waals surface area (Å²) in [5.41, 5.74) is 3.11. The number of fused-ring (bicyclic) bond motifs is 1. The molecule has 0 N–H and O–H groups in total. The molecule has 0 spiro atoms. The van der Waals surface area contributed by atoms with Crippen molar-refractivity contribution in [1.29, 1.82) is 0 Å². The van der Waals surface area contributed by atoms with Gasteiger partial charge in [0, 0.05) is 22.8 Å². The third-order valence-electron chi connectivity index (χ3n) is 10.8. The van der Waals surface area contributed by atoms with E-state index in [1.54, 1.807) is 22.7 Å². The second-order valence-corrected chi connectivity index (χ2v) is 17.9. The van der Waals surface area contributed by atoms with Gasteiger partial charge < -0.3 is 9.80 Å². The SMILES string of the molecule is CCCCCCC(CCCC)CN1C(=O)C2=C(c3ccc(C(C)C)s3)N(CC(CCCC)CCCCCC)C(=O)C2=C1c1ccc(C(C)C)s1. The number of carbonyl (C=O) groups is 2. The van der Waals surface area contributed by atoms with Gasteiger partial charge in [0.05, 0.1) is 32.3 Å². The number of thiophene rings is 2. The maximum absolute atomic E-state index is 15.1. The van der Waals surface area contributed by atoms with Crippen molar-refractivity contribution in [2.75, 3.05) is 13.1 Å². The Morgan fingerprint density at radius 2 is 0.860 bits per heavy atom. The number of unbranched alkanes of at least 4 members (excludes halogenated alkanes) is 8. The van der Waals surface area contributed by atoms with E-state index in [1.807, 2.05) is 0 Å². The number of hydrogen-bond donors (Lipinski definition) is 0. The smallest absolute Gasteiger partial charge is 0.261 e. The van der Waals surface area contributed by atoms with Crippen molar-refractivity contribution in [2.45, 2.75) is 170 Å². The molecule has 0 aromatic carbocycles. The molecule has 4 nitrogen and oxygen atoms in total. The van der Waals surface area contributed by atoms with Gasteiger partial charge in [-0.2, -0.15) is 0 Å². The Labute approximate surface area is 313 Å². The zero-order chi connectivity index (χ0) is 36.2. The van der Waals surface area contributed by atoms with Crippen molar-refractivity contribution in [3.63, 3.8) is 0 Å². The molecular weight excluding hydrogens is 653 g/mol. The van der Waals surface area contributed by atoms with Gasteiger partial charge >= 0.3 is 0 Å². The highest BCUT2D eigenvalue weighted by Crippen LogP contribution is 2.50. The summed E-state index contributed by atoms with van der Waals surface area (Å²) in [6.07, 6.45) is 19.1. The molecule has 2 amide bonds. The molecule has 50 heavy (non-hydrogen) atoms. The molecule has 2 aliphatic rings. The van der Waals surface area contributed by atoms with Crippen molar-refractivity contribution in [1.82, 2.24) is 9.80 Å². The standard InChI is InChI=1S/C44H68N2O2S2/c1-9-13-17-19-23-33(21-15-11-3)29-45-41(37-27-25-35(49-37)31(5)6)39-40(43(45)47)42(38-28-26-36(50-38)32(7)8)46(44(39)48)30-34(22-16-12-4)24-20-18-14-10-2/h25-28,31-34H,9-24,29-30H2,1-8H3. The minimum Gasteiger partial charge on any atom is -0.306 e. The topological polar surface area (TPSA) is 40.6 Å². The second-order valence-electron chi connectivity index (χ2n) is 15.7. The molecule has 278 valence electrons. The first-order valence-corrected chi connectivity index (χ1v) is 22.1. The number of nitrogens with zero attached hydrogens (tertiary/aromatic N) is 2. The minimum absolute atomic E-state index is 0.0444. The number of amides is 2. The largest absolute Gasteiger partial charge is 0.306 e. The highest BCUT2D eigenvalue weighted by molar-refractivity contribution is 7.13. The molecule has 0 bridgehead atoms. The van der Waals surface area contributed by atoms with Crippen molar-refractivity contribution >= 4 is 45.9 Å². The molecule has 2 aromatic heterocycles. The van der Waals surface area contributed by atoms with Crippen LogP contribution in [0.1, 0.15) is 189 Å². The maximum atomic E-state index is 15.1. The molecule has 2 unspecified atom stereocenters. The van der Waals surface area contributed by atoms with E-state index in [9.17, 15) is 0 Å². The fraction of sp³-hybridized carbons (Fsp3) is 0.682. The highest BCUT2D eigenvalue weighted by Gasteiger charge is 2.50. The van der Waals surface area contributed by atoms with Crippen LogP contribution >= 0.6 is 22.7 Å². The Morgan fingerprint density at radius 1 is 0.500 bits per heavy atom. The predicted octanol–water partition coefficient (Wildman–Crippen LogP) is 13.4. The Hall–Kier alpha value is -2.18. The van der Waals surface area contributed by atoms with Crippen molar-refractivity contribution in [3.05, 3.63) is 54.9 Å². The predicted molar refractivity (Wildman–Crippen MR) is 218 cm³/mol. The van der Waals surface area contributed by atoms with E-state index in [0.717, 1.165) is 59.7 Å². The average molecular weight is 721 g/mol. The third-order valence-corrected chi connectivity index (χ3v) is 13.6. The van der Waals surface area contributed by atoms with Gasteiger partial charge in [0.2, 0.25) is 0 Å². The molecule has 0 saturated heterocycles. The monoisotopic (exact) mass is 720 g/mol. The van der Waals surface area contributed by atoms with Crippen LogP contribution in [0.3, 0.4) is 0 Å². The van der Waals surface area contributed by atoms with Crippen LogP contribution in [0.15, 0.2) is 35.4 Å².